The summed E-state index contributed by atoms with van der Waals surface area (Å²) in [4.78, 5) is 2.23. The highest BCUT2D eigenvalue weighted by Crippen LogP contribution is 2.20. The van der Waals surface area contributed by atoms with Crippen LogP contribution in [0.1, 0.15) is 13.3 Å². The number of hydrogen-bond donors (Lipinski definition) is 1. The zero-order valence-corrected chi connectivity index (χ0v) is 11.1. The molecule has 0 spiro atoms. The van der Waals surface area contributed by atoms with E-state index in [-0.39, 0.29) is 0 Å². The average molecular weight is 251 g/mol. The lowest BCUT2D eigenvalue weighted by Gasteiger charge is -2.18. The number of likely N-dealkylation sites (tertiary alicyclic amines) is 1. The summed E-state index contributed by atoms with van der Waals surface area (Å²) in [6.45, 7) is 5.06. The van der Waals surface area contributed by atoms with Crippen LogP contribution in [0.3, 0.4) is 0 Å². The standard InChI is InChI=1S/C14H21NO3/c1-14(16)7-8-15(11-14)9-10-18-13-5-3-12(17-2)4-6-13/h3-6,16H,7-11H2,1-2H3. The second kappa shape index (κ2) is 5.59. The van der Waals surface area contributed by atoms with E-state index in [1.54, 1.807) is 7.11 Å². The van der Waals surface area contributed by atoms with E-state index < -0.39 is 5.60 Å². The Morgan fingerprint density at radius 1 is 1.28 bits per heavy atom. The molecule has 1 atom stereocenters. The molecule has 4 heteroatoms. The predicted molar refractivity (Wildman–Crippen MR) is 70.2 cm³/mol. The summed E-state index contributed by atoms with van der Waals surface area (Å²) in [7, 11) is 1.65. The molecule has 1 N–H and O–H groups in total. The van der Waals surface area contributed by atoms with E-state index in [9.17, 15) is 5.11 Å². The number of methoxy groups -OCH3 is 1. The number of hydrogen-bond acceptors (Lipinski definition) is 4. The number of β-amino-alcohol motifs (C(OH)–C–C–N with tert-alkyl or cyclic N) is 1. The molecule has 0 amide bonds. The Balaban J connectivity index is 1.72. The van der Waals surface area contributed by atoms with E-state index in [4.69, 9.17) is 9.47 Å². The van der Waals surface area contributed by atoms with E-state index in [0.29, 0.717) is 6.61 Å². The maximum atomic E-state index is 9.84. The highest BCUT2D eigenvalue weighted by molar-refractivity contribution is 5.31. The first-order chi connectivity index (χ1) is 8.59. The SMILES string of the molecule is COc1ccc(OCCN2CCC(C)(O)C2)cc1. The quantitative estimate of drug-likeness (QED) is 0.861. The van der Waals surface area contributed by atoms with Gasteiger partial charge in [0.2, 0.25) is 0 Å². The van der Waals surface area contributed by atoms with Crippen LogP contribution in [0.4, 0.5) is 0 Å². The number of ether oxygens (including phenoxy) is 2. The van der Waals surface area contributed by atoms with Crippen LogP contribution < -0.4 is 9.47 Å². The lowest BCUT2D eigenvalue weighted by Crippen LogP contribution is -2.32. The first-order valence-corrected chi connectivity index (χ1v) is 6.31. The summed E-state index contributed by atoms with van der Waals surface area (Å²) >= 11 is 0. The molecule has 1 heterocycles. The van der Waals surface area contributed by atoms with Crippen molar-refractivity contribution in [1.82, 2.24) is 4.90 Å². The number of benzene rings is 1. The highest BCUT2D eigenvalue weighted by atomic mass is 16.5. The molecule has 100 valence electrons. The Bertz CT molecular complexity index is 375. The van der Waals surface area contributed by atoms with Gasteiger partial charge in [-0.3, -0.25) is 4.90 Å². The molecular weight excluding hydrogens is 230 g/mol. The maximum absolute atomic E-state index is 9.84. The molecular formula is C14H21NO3. The molecule has 1 saturated heterocycles. The Morgan fingerprint density at radius 3 is 2.50 bits per heavy atom. The maximum Gasteiger partial charge on any atom is 0.119 e. The first-order valence-electron chi connectivity index (χ1n) is 6.31. The molecule has 18 heavy (non-hydrogen) atoms. The topological polar surface area (TPSA) is 41.9 Å². The molecule has 1 unspecified atom stereocenters. The third-order valence-corrected chi connectivity index (χ3v) is 3.27. The minimum Gasteiger partial charge on any atom is -0.497 e. The van der Waals surface area contributed by atoms with Gasteiger partial charge in [0.15, 0.2) is 0 Å². The van der Waals surface area contributed by atoms with Crippen LogP contribution in [-0.2, 0) is 0 Å². The van der Waals surface area contributed by atoms with Crippen LogP contribution in [0.2, 0.25) is 0 Å². The molecule has 1 aromatic carbocycles. The van der Waals surface area contributed by atoms with Crippen LogP contribution in [0.25, 0.3) is 0 Å². The van der Waals surface area contributed by atoms with Crippen molar-refractivity contribution in [2.24, 2.45) is 0 Å². The average Bonchev–Trinajstić information content (AvgIpc) is 2.70. The molecule has 4 nitrogen and oxygen atoms in total. The fraction of sp³-hybridized carbons (Fsp3) is 0.571. The largest absolute Gasteiger partial charge is 0.497 e. The van der Waals surface area contributed by atoms with Gasteiger partial charge in [0.1, 0.15) is 18.1 Å². The van der Waals surface area contributed by atoms with E-state index in [1.165, 1.54) is 0 Å². The molecule has 1 aliphatic rings. The monoisotopic (exact) mass is 251 g/mol. The third kappa shape index (κ3) is 3.62. The summed E-state index contributed by atoms with van der Waals surface area (Å²) < 4.78 is 10.7. The van der Waals surface area contributed by atoms with Crippen molar-refractivity contribution in [3.8, 4) is 11.5 Å². The molecule has 1 aromatic rings. The second-order valence-electron chi connectivity index (χ2n) is 5.05. The fourth-order valence-corrected chi connectivity index (χ4v) is 2.19. The number of rotatable bonds is 5. The van der Waals surface area contributed by atoms with Crippen LogP contribution in [0.15, 0.2) is 24.3 Å². The van der Waals surface area contributed by atoms with Gasteiger partial charge in [0, 0.05) is 19.6 Å². The van der Waals surface area contributed by atoms with E-state index >= 15 is 0 Å². The lowest BCUT2D eigenvalue weighted by molar-refractivity contribution is 0.0670. The highest BCUT2D eigenvalue weighted by Gasteiger charge is 2.30. The minimum absolute atomic E-state index is 0.528. The summed E-state index contributed by atoms with van der Waals surface area (Å²) in [5.74, 6) is 1.68. The zero-order valence-electron chi connectivity index (χ0n) is 11.1. The van der Waals surface area contributed by atoms with Crippen LogP contribution >= 0.6 is 0 Å². The Hall–Kier alpha value is -1.26. The summed E-state index contributed by atoms with van der Waals surface area (Å²) in [6, 6.07) is 7.57. The smallest absolute Gasteiger partial charge is 0.119 e. The summed E-state index contributed by atoms with van der Waals surface area (Å²) in [5.41, 5.74) is -0.528. The number of aliphatic hydroxyl groups is 1. The van der Waals surface area contributed by atoms with Crippen LogP contribution in [0, 0.1) is 0 Å². The van der Waals surface area contributed by atoms with Crippen molar-refractivity contribution in [2.45, 2.75) is 18.9 Å². The Kier molecular flexibility index (Phi) is 4.09. The van der Waals surface area contributed by atoms with E-state index in [1.807, 2.05) is 31.2 Å². The van der Waals surface area contributed by atoms with Crippen molar-refractivity contribution < 1.29 is 14.6 Å². The normalized spacial score (nSPS) is 24.2. The van der Waals surface area contributed by atoms with Crippen molar-refractivity contribution >= 4 is 0 Å². The molecule has 0 saturated carbocycles. The van der Waals surface area contributed by atoms with Crippen LogP contribution in [0.5, 0.6) is 11.5 Å². The van der Waals surface area contributed by atoms with Gasteiger partial charge in [0.05, 0.1) is 12.7 Å². The second-order valence-corrected chi connectivity index (χ2v) is 5.05. The van der Waals surface area contributed by atoms with Gasteiger partial charge in [-0.25, -0.2) is 0 Å². The number of nitrogens with zero attached hydrogens (tertiary/aromatic N) is 1. The third-order valence-electron chi connectivity index (χ3n) is 3.27. The fourth-order valence-electron chi connectivity index (χ4n) is 2.19. The lowest BCUT2D eigenvalue weighted by atomic mass is 10.1. The van der Waals surface area contributed by atoms with Gasteiger partial charge in [-0.05, 0) is 37.6 Å². The van der Waals surface area contributed by atoms with Gasteiger partial charge in [-0.1, -0.05) is 0 Å². The van der Waals surface area contributed by atoms with Gasteiger partial charge in [0.25, 0.3) is 0 Å². The van der Waals surface area contributed by atoms with Gasteiger partial charge in [-0.2, -0.15) is 0 Å². The van der Waals surface area contributed by atoms with Gasteiger partial charge < -0.3 is 14.6 Å². The van der Waals surface area contributed by atoms with Crippen molar-refractivity contribution in [2.75, 3.05) is 33.4 Å². The van der Waals surface area contributed by atoms with E-state index in [2.05, 4.69) is 4.90 Å². The summed E-state index contributed by atoms with van der Waals surface area (Å²) in [6.07, 6.45) is 0.843. The first kappa shape index (κ1) is 13.2. The van der Waals surface area contributed by atoms with Crippen LogP contribution in [-0.4, -0.2) is 49.0 Å². The molecule has 2 rings (SSSR count). The Labute approximate surface area is 108 Å². The van der Waals surface area contributed by atoms with Gasteiger partial charge in [-0.15, -0.1) is 0 Å². The minimum atomic E-state index is -0.528. The van der Waals surface area contributed by atoms with Crippen molar-refractivity contribution in [3.05, 3.63) is 24.3 Å². The van der Waals surface area contributed by atoms with Crippen molar-refractivity contribution in [3.63, 3.8) is 0 Å². The molecule has 0 aromatic heterocycles. The Morgan fingerprint density at radius 2 is 1.94 bits per heavy atom. The molecule has 1 fully saturated rings. The van der Waals surface area contributed by atoms with E-state index in [0.717, 1.165) is 37.6 Å². The summed E-state index contributed by atoms with van der Waals surface area (Å²) in [5, 5.41) is 9.84. The predicted octanol–water partition coefficient (Wildman–Crippen LogP) is 1.53. The molecule has 1 aliphatic heterocycles. The molecule has 0 radical (unpaired) electrons. The zero-order chi connectivity index (χ0) is 13.0. The molecule has 0 bridgehead atoms. The van der Waals surface area contributed by atoms with Crippen molar-refractivity contribution in [1.29, 1.82) is 0 Å². The van der Waals surface area contributed by atoms with Gasteiger partial charge >= 0.3 is 0 Å². The molecule has 0 aliphatic carbocycles.